The molecule has 2 heterocycles. The Balaban J connectivity index is 1.83. The Morgan fingerprint density at radius 3 is 2.48 bits per heavy atom. The number of carboxylic acids is 1. The molecule has 2 fully saturated rings. The third-order valence-electron chi connectivity index (χ3n) is 8.04. The van der Waals surface area contributed by atoms with E-state index in [0.29, 0.717) is 29.1 Å². The molecule has 0 aromatic heterocycles. The van der Waals surface area contributed by atoms with Gasteiger partial charge in [-0.2, -0.15) is 0 Å². The van der Waals surface area contributed by atoms with Gasteiger partial charge in [0.2, 0.25) is 5.91 Å². The van der Waals surface area contributed by atoms with Gasteiger partial charge in [0, 0.05) is 22.2 Å². The molecule has 5 nitrogen and oxygen atoms in total. The summed E-state index contributed by atoms with van der Waals surface area (Å²) in [7, 11) is 0. The van der Waals surface area contributed by atoms with Gasteiger partial charge in [0.15, 0.2) is 0 Å². The summed E-state index contributed by atoms with van der Waals surface area (Å²) >= 11 is 12.3. The van der Waals surface area contributed by atoms with Gasteiger partial charge in [0.1, 0.15) is 17.3 Å². The number of hydrogen-bond donors (Lipinski definition) is 3. The number of fused-ring (bicyclic) bond motifs is 3. The highest BCUT2D eigenvalue weighted by Crippen LogP contribution is 2.64. The lowest BCUT2D eigenvalue weighted by atomic mass is 9.53. The van der Waals surface area contributed by atoms with Crippen molar-refractivity contribution in [3.8, 4) is 0 Å². The van der Waals surface area contributed by atoms with E-state index in [1.165, 1.54) is 12.1 Å². The molecule has 3 N–H and O–H groups in total. The maximum Gasteiger partial charge on any atom is 0.321 e. The molecule has 1 aliphatic carbocycles. The Morgan fingerprint density at radius 1 is 1.12 bits per heavy atom. The van der Waals surface area contributed by atoms with Crippen LogP contribution in [0.5, 0.6) is 0 Å². The first-order valence-electron chi connectivity index (χ1n) is 11.1. The fourth-order valence-electron chi connectivity index (χ4n) is 6.40. The molecule has 174 valence electrons. The second-order valence-electron chi connectivity index (χ2n) is 10.3. The van der Waals surface area contributed by atoms with Gasteiger partial charge in [-0.3, -0.25) is 14.9 Å². The second-order valence-corrected chi connectivity index (χ2v) is 11.1. The average Bonchev–Trinajstić information content (AvgIpc) is 3.20. The van der Waals surface area contributed by atoms with E-state index in [1.54, 1.807) is 24.3 Å². The van der Waals surface area contributed by atoms with E-state index in [2.05, 4.69) is 24.5 Å². The number of nitrogens with one attached hydrogen (secondary N) is 2. The van der Waals surface area contributed by atoms with Crippen LogP contribution in [0.25, 0.3) is 0 Å². The number of carboxylic acid groups (broad SMARTS) is 1. The van der Waals surface area contributed by atoms with Crippen LogP contribution in [0.4, 0.5) is 10.1 Å². The molecule has 1 amide bonds. The maximum absolute atomic E-state index is 15.5. The largest absolute Gasteiger partial charge is 0.480 e. The summed E-state index contributed by atoms with van der Waals surface area (Å²) in [5, 5.41) is 16.9. The van der Waals surface area contributed by atoms with Gasteiger partial charge in [-0.1, -0.05) is 55.2 Å². The molecule has 2 spiro atoms. The summed E-state index contributed by atoms with van der Waals surface area (Å²) in [5.41, 5.74) is -0.827. The van der Waals surface area contributed by atoms with Crippen LogP contribution in [0.2, 0.25) is 10.0 Å². The van der Waals surface area contributed by atoms with Gasteiger partial charge in [0.05, 0.1) is 5.02 Å². The quantitative estimate of drug-likeness (QED) is 0.519. The number of carbonyl (C=O) groups is 2. The molecule has 5 rings (SSSR count). The van der Waals surface area contributed by atoms with Crippen molar-refractivity contribution in [2.75, 3.05) is 5.32 Å². The van der Waals surface area contributed by atoms with Crippen molar-refractivity contribution in [3.63, 3.8) is 0 Å². The lowest BCUT2D eigenvalue weighted by Gasteiger charge is -2.50. The summed E-state index contributed by atoms with van der Waals surface area (Å²) in [5.74, 6) is -3.16. The van der Waals surface area contributed by atoms with Crippen LogP contribution < -0.4 is 10.6 Å². The smallest absolute Gasteiger partial charge is 0.321 e. The Kier molecular flexibility index (Phi) is 5.09. The van der Waals surface area contributed by atoms with Crippen molar-refractivity contribution in [1.82, 2.24) is 5.32 Å². The van der Waals surface area contributed by atoms with E-state index < -0.39 is 34.7 Å². The van der Waals surface area contributed by atoms with Gasteiger partial charge in [-0.25, -0.2) is 4.39 Å². The molecule has 3 atom stereocenters. The lowest BCUT2D eigenvalue weighted by molar-refractivity contribution is -0.139. The molecule has 1 saturated carbocycles. The van der Waals surface area contributed by atoms with E-state index in [4.69, 9.17) is 23.2 Å². The molecule has 2 aromatic carbocycles. The molecule has 8 heteroatoms. The van der Waals surface area contributed by atoms with Crippen molar-refractivity contribution in [2.24, 2.45) is 5.41 Å². The van der Waals surface area contributed by atoms with Crippen LogP contribution >= 0.6 is 23.2 Å². The molecule has 0 unspecified atom stereocenters. The molecule has 3 aliphatic rings. The van der Waals surface area contributed by atoms with E-state index in [0.717, 1.165) is 12.8 Å². The molecule has 0 bridgehead atoms. The SMILES string of the molecule is CC1(C)CCC2(CC1)N[C@@H](C(=O)O)[C@H](c1cccc(Cl)c1F)[C@@]21C(=O)Nc2cc(Cl)ccc21. The predicted octanol–water partition coefficient (Wildman–Crippen LogP) is 5.50. The van der Waals surface area contributed by atoms with E-state index >= 15 is 4.39 Å². The summed E-state index contributed by atoms with van der Waals surface area (Å²) in [6.45, 7) is 4.35. The Hall–Kier alpha value is -2.15. The first-order chi connectivity index (χ1) is 15.5. The normalized spacial score (nSPS) is 29.3. The van der Waals surface area contributed by atoms with Crippen LogP contribution in [0.1, 0.15) is 56.6 Å². The van der Waals surface area contributed by atoms with Crippen LogP contribution in [0, 0.1) is 11.2 Å². The van der Waals surface area contributed by atoms with E-state index in [9.17, 15) is 14.7 Å². The van der Waals surface area contributed by atoms with Crippen LogP contribution in [0.15, 0.2) is 36.4 Å². The van der Waals surface area contributed by atoms with Gasteiger partial charge >= 0.3 is 5.97 Å². The number of halogens is 3. The zero-order valence-corrected chi connectivity index (χ0v) is 19.9. The van der Waals surface area contributed by atoms with Gasteiger partial charge in [0.25, 0.3) is 0 Å². The molecule has 2 aliphatic heterocycles. The monoisotopic (exact) mass is 490 g/mol. The highest BCUT2D eigenvalue weighted by atomic mass is 35.5. The number of amides is 1. The van der Waals surface area contributed by atoms with Gasteiger partial charge < -0.3 is 10.4 Å². The zero-order chi connectivity index (χ0) is 23.8. The average molecular weight is 491 g/mol. The van der Waals surface area contributed by atoms with E-state index in [-0.39, 0.29) is 21.9 Å². The second kappa shape index (κ2) is 7.42. The number of aliphatic carboxylic acids is 1. The molecule has 1 saturated heterocycles. The third kappa shape index (κ3) is 3.07. The van der Waals surface area contributed by atoms with E-state index in [1.807, 2.05) is 0 Å². The van der Waals surface area contributed by atoms with Crippen LogP contribution in [0.3, 0.4) is 0 Å². The van der Waals surface area contributed by atoms with Crippen LogP contribution in [-0.4, -0.2) is 28.6 Å². The fraction of sp³-hybridized carbons (Fsp3) is 0.440. The number of carbonyl (C=O) groups excluding carboxylic acids is 1. The summed E-state index contributed by atoms with van der Waals surface area (Å²) in [6, 6.07) is 8.53. The maximum atomic E-state index is 15.5. The number of anilines is 1. The minimum absolute atomic E-state index is 0.0597. The van der Waals surface area contributed by atoms with Crippen molar-refractivity contribution in [3.05, 3.63) is 63.4 Å². The molecular weight excluding hydrogens is 466 g/mol. The summed E-state index contributed by atoms with van der Waals surface area (Å²) in [4.78, 5) is 26.6. The molecule has 33 heavy (non-hydrogen) atoms. The van der Waals surface area contributed by atoms with Gasteiger partial charge in [-0.15, -0.1) is 0 Å². The standard InChI is InChI=1S/C25H25Cl2FN2O3/c1-23(2)8-10-24(11-9-23)25(15-7-6-13(26)12-17(15)29-22(25)33)18(20(30-24)21(31)32)14-4-3-5-16(27)19(14)28/h3-7,12,18,20,30H,8-11H2,1-2H3,(H,29,33)(H,31,32)/t18-,20+,25-/m0/s1. The summed E-state index contributed by atoms with van der Waals surface area (Å²) < 4.78 is 15.5. The first kappa shape index (κ1) is 22.6. The first-order valence-corrected chi connectivity index (χ1v) is 11.8. The zero-order valence-electron chi connectivity index (χ0n) is 18.3. The predicted molar refractivity (Wildman–Crippen MR) is 125 cm³/mol. The fourth-order valence-corrected chi connectivity index (χ4v) is 6.76. The Morgan fingerprint density at radius 2 is 1.82 bits per heavy atom. The Labute approximate surface area is 201 Å². The Bertz CT molecular complexity index is 1170. The number of benzene rings is 2. The van der Waals surface area contributed by atoms with Crippen molar-refractivity contribution in [1.29, 1.82) is 0 Å². The minimum Gasteiger partial charge on any atom is -0.480 e. The highest BCUT2D eigenvalue weighted by molar-refractivity contribution is 6.31. The topological polar surface area (TPSA) is 78.4 Å². The van der Waals surface area contributed by atoms with Crippen LogP contribution in [-0.2, 0) is 15.0 Å². The van der Waals surface area contributed by atoms with Crippen molar-refractivity contribution < 1.29 is 19.1 Å². The molecule has 0 radical (unpaired) electrons. The van der Waals surface area contributed by atoms with Gasteiger partial charge in [-0.05, 0) is 60.4 Å². The van der Waals surface area contributed by atoms with Crippen molar-refractivity contribution >= 4 is 40.8 Å². The number of rotatable bonds is 2. The molecule has 2 aromatic rings. The highest BCUT2D eigenvalue weighted by Gasteiger charge is 2.73. The minimum atomic E-state index is -1.34. The summed E-state index contributed by atoms with van der Waals surface area (Å²) in [6.07, 6.45) is 2.76. The third-order valence-corrected chi connectivity index (χ3v) is 8.57. The van der Waals surface area contributed by atoms with Crippen molar-refractivity contribution in [2.45, 2.75) is 62.4 Å². The number of hydrogen-bond acceptors (Lipinski definition) is 3. The molecular formula is C25H25Cl2FN2O3. The lowest BCUT2D eigenvalue weighted by Crippen LogP contribution is -2.61.